The van der Waals surface area contributed by atoms with E-state index in [-0.39, 0.29) is 6.54 Å². The summed E-state index contributed by atoms with van der Waals surface area (Å²) in [5.74, 6) is -2.63. The van der Waals surface area contributed by atoms with Crippen LogP contribution >= 0.6 is 11.3 Å². The third-order valence-electron chi connectivity index (χ3n) is 4.49. The lowest BCUT2D eigenvalue weighted by Crippen LogP contribution is -2.32. The van der Waals surface area contributed by atoms with Crippen LogP contribution < -0.4 is 5.32 Å². The van der Waals surface area contributed by atoms with Crippen molar-refractivity contribution in [2.75, 3.05) is 18.9 Å². The van der Waals surface area contributed by atoms with Crippen LogP contribution in [0.2, 0.25) is 0 Å². The maximum absolute atomic E-state index is 12.8. The molecule has 2 amide bonds. The lowest BCUT2D eigenvalue weighted by atomic mass is 9.87. The van der Waals surface area contributed by atoms with Crippen LogP contribution in [0.15, 0.2) is 35.7 Å². The first-order valence-electron chi connectivity index (χ1n) is 7.93. The van der Waals surface area contributed by atoms with Gasteiger partial charge in [-0.05, 0) is 29.1 Å². The van der Waals surface area contributed by atoms with Gasteiger partial charge in [-0.15, -0.1) is 11.3 Å². The molecule has 0 spiro atoms. The molecule has 1 aliphatic rings. The van der Waals surface area contributed by atoms with Crippen molar-refractivity contribution in [2.45, 2.75) is 12.1 Å². The fourth-order valence-electron chi connectivity index (χ4n) is 3.10. The molecule has 1 aliphatic heterocycles. The molecule has 1 fully saturated rings. The third kappa shape index (κ3) is 3.66. The van der Waals surface area contributed by atoms with E-state index >= 15 is 0 Å². The summed E-state index contributed by atoms with van der Waals surface area (Å²) in [6, 6.07) is 7.98. The van der Waals surface area contributed by atoms with E-state index < -0.39 is 35.4 Å². The van der Waals surface area contributed by atoms with Gasteiger partial charge in [0.05, 0.1) is 11.1 Å². The van der Waals surface area contributed by atoms with Crippen LogP contribution in [-0.2, 0) is 15.8 Å². The molecular formula is C18H14F3N3O2S. The van der Waals surface area contributed by atoms with Crippen LogP contribution in [0, 0.1) is 17.2 Å². The molecule has 1 aromatic carbocycles. The molecule has 0 bridgehead atoms. The number of halogens is 3. The van der Waals surface area contributed by atoms with Gasteiger partial charge in [0.2, 0.25) is 11.8 Å². The lowest BCUT2D eigenvalue weighted by molar-refractivity contribution is -0.138. The van der Waals surface area contributed by atoms with Crippen molar-refractivity contribution in [2.24, 2.45) is 5.92 Å². The van der Waals surface area contributed by atoms with Crippen LogP contribution in [0.25, 0.3) is 0 Å². The van der Waals surface area contributed by atoms with E-state index in [9.17, 15) is 22.8 Å². The minimum absolute atomic E-state index is 0.220. The quantitative estimate of drug-likeness (QED) is 0.812. The third-order valence-corrected chi connectivity index (χ3v) is 5.32. The lowest BCUT2D eigenvalue weighted by Gasteiger charge is -2.17. The Morgan fingerprint density at radius 3 is 2.56 bits per heavy atom. The van der Waals surface area contributed by atoms with Crippen molar-refractivity contribution in [1.82, 2.24) is 4.90 Å². The summed E-state index contributed by atoms with van der Waals surface area (Å²) in [4.78, 5) is 26.5. The fraction of sp³-hybridized carbons (Fsp3) is 0.278. The summed E-state index contributed by atoms with van der Waals surface area (Å²) in [7, 11) is 1.54. The van der Waals surface area contributed by atoms with Gasteiger partial charge in [-0.2, -0.15) is 18.4 Å². The molecule has 0 aliphatic carbocycles. The van der Waals surface area contributed by atoms with Crippen molar-refractivity contribution >= 4 is 28.2 Å². The molecule has 0 radical (unpaired) electrons. The predicted octanol–water partition coefficient (Wildman–Crippen LogP) is 3.45. The monoisotopic (exact) mass is 393 g/mol. The van der Waals surface area contributed by atoms with Gasteiger partial charge in [-0.1, -0.05) is 12.1 Å². The van der Waals surface area contributed by atoms with E-state index in [4.69, 9.17) is 5.26 Å². The first-order chi connectivity index (χ1) is 12.7. The number of likely N-dealkylation sites (N-methyl/N-ethyl adjacent to an activating group) is 1. The van der Waals surface area contributed by atoms with Crippen molar-refractivity contribution in [1.29, 1.82) is 5.26 Å². The number of alkyl halides is 3. The molecule has 1 aromatic heterocycles. The summed E-state index contributed by atoms with van der Waals surface area (Å²) >= 11 is 1.16. The number of nitrogens with one attached hydrogen (secondary N) is 1. The normalized spacial score (nSPS) is 19.8. The van der Waals surface area contributed by atoms with Crippen molar-refractivity contribution in [3.05, 3.63) is 52.4 Å². The molecule has 1 saturated heterocycles. The van der Waals surface area contributed by atoms with Gasteiger partial charge in [0, 0.05) is 19.5 Å². The number of hydrogen-bond donors (Lipinski definition) is 1. The van der Waals surface area contributed by atoms with Crippen molar-refractivity contribution < 1.29 is 22.8 Å². The first kappa shape index (κ1) is 18.9. The Hall–Kier alpha value is -2.86. The summed E-state index contributed by atoms with van der Waals surface area (Å²) in [6.07, 6.45) is -4.45. The minimum atomic E-state index is -4.45. The molecule has 140 valence electrons. The van der Waals surface area contributed by atoms with Crippen molar-refractivity contribution in [3.63, 3.8) is 0 Å². The van der Waals surface area contributed by atoms with Crippen LogP contribution in [0.4, 0.5) is 18.2 Å². The summed E-state index contributed by atoms with van der Waals surface area (Å²) in [6.45, 7) is 0.220. The Morgan fingerprint density at radius 1 is 1.30 bits per heavy atom. The van der Waals surface area contributed by atoms with Gasteiger partial charge in [0.25, 0.3) is 0 Å². The number of carbonyl (C=O) groups is 2. The number of benzene rings is 1. The molecule has 2 atom stereocenters. The van der Waals surface area contributed by atoms with Gasteiger partial charge in [-0.25, -0.2) is 0 Å². The van der Waals surface area contributed by atoms with Gasteiger partial charge in [0.15, 0.2) is 0 Å². The zero-order valence-corrected chi connectivity index (χ0v) is 14.9. The van der Waals surface area contributed by atoms with Crippen LogP contribution in [-0.4, -0.2) is 30.3 Å². The molecule has 27 heavy (non-hydrogen) atoms. The molecule has 3 rings (SSSR count). The Labute approximate surface area is 157 Å². The predicted molar refractivity (Wildman–Crippen MR) is 93.0 cm³/mol. The largest absolute Gasteiger partial charge is 0.416 e. The van der Waals surface area contributed by atoms with Gasteiger partial charge in [-0.3, -0.25) is 9.59 Å². The number of likely N-dealkylation sites (tertiary alicyclic amines) is 1. The zero-order chi connectivity index (χ0) is 19.8. The molecule has 2 heterocycles. The highest BCUT2D eigenvalue weighted by Gasteiger charge is 2.44. The highest BCUT2D eigenvalue weighted by molar-refractivity contribution is 7.14. The number of hydrogen-bond acceptors (Lipinski definition) is 4. The number of anilines is 1. The Morgan fingerprint density at radius 2 is 1.96 bits per heavy atom. The van der Waals surface area contributed by atoms with Crippen LogP contribution in [0.1, 0.15) is 22.6 Å². The number of carbonyl (C=O) groups excluding carboxylic acids is 2. The Balaban J connectivity index is 1.87. The second-order valence-corrected chi connectivity index (χ2v) is 7.10. The number of thiophene rings is 1. The van der Waals surface area contributed by atoms with Crippen LogP contribution in [0.3, 0.4) is 0 Å². The molecule has 0 unspecified atom stereocenters. The summed E-state index contributed by atoms with van der Waals surface area (Å²) in [5, 5.41) is 13.6. The smallest absolute Gasteiger partial charge is 0.344 e. The van der Waals surface area contributed by atoms with E-state index in [2.05, 4.69) is 5.32 Å². The average Bonchev–Trinajstić information content (AvgIpc) is 3.18. The number of nitrogens with zero attached hydrogens (tertiary/aromatic N) is 2. The summed E-state index contributed by atoms with van der Waals surface area (Å²) in [5.41, 5.74) is -0.0204. The van der Waals surface area contributed by atoms with E-state index in [0.717, 1.165) is 23.5 Å². The molecule has 5 nitrogen and oxygen atoms in total. The zero-order valence-electron chi connectivity index (χ0n) is 14.1. The Bertz CT molecular complexity index is 915. The Kier molecular flexibility index (Phi) is 4.93. The van der Waals surface area contributed by atoms with Gasteiger partial charge < -0.3 is 10.2 Å². The van der Waals surface area contributed by atoms with E-state index in [1.165, 1.54) is 17.0 Å². The molecule has 1 N–H and O–H groups in total. The molecule has 0 saturated carbocycles. The highest BCUT2D eigenvalue weighted by atomic mass is 32.1. The van der Waals surface area contributed by atoms with Crippen LogP contribution in [0.5, 0.6) is 0 Å². The number of rotatable bonds is 3. The highest BCUT2D eigenvalue weighted by Crippen LogP contribution is 2.36. The minimum Gasteiger partial charge on any atom is -0.344 e. The molecule has 9 heteroatoms. The molecule has 2 aromatic rings. The maximum Gasteiger partial charge on any atom is 0.416 e. The fourth-order valence-corrected chi connectivity index (χ4v) is 3.84. The average molecular weight is 393 g/mol. The van der Waals surface area contributed by atoms with E-state index in [0.29, 0.717) is 16.1 Å². The maximum atomic E-state index is 12.8. The topological polar surface area (TPSA) is 73.2 Å². The SMILES string of the molecule is CN1C[C@@H](c2ccc(C(F)(F)F)cc2)[C@H](C(=O)Nc2sccc2C#N)C1=O. The standard InChI is InChI=1S/C18H14F3N3O2S/c1-24-9-13(10-2-4-12(5-3-10)18(19,20)21)14(17(24)26)15(25)23-16-11(8-22)6-7-27-16/h2-7,13-14H,9H2,1H3,(H,23,25)/t13-,14+/m0/s1. The van der Waals surface area contributed by atoms with Gasteiger partial charge in [0.1, 0.15) is 17.0 Å². The first-order valence-corrected chi connectivity index (χ1v) is 8.81. The van der Waals surface area contributed by atoms with Gasteiger partial charge >= 0.3 is 6.18 Å². The second-order valence-electron chi connectivity index (χ2n) is 6.19. The summed E-state index contributed by atoms with van der Waals surface area (Å²) < 4.78 is 38.3. The number of nitriles is 1. The molecular weight excluding hydrogens is 379 g/mol. The van der Waals surface area contributed by atoms with Crippen molar-refractivity contribution in [3.8, 4) is 6.07 Å². The van der Waals surface area contributed by atoms with E-state index in [1.807, 2.05) is 6.07 Å². The van der Waals surface area contributed by atoms with E-state index in [1.54, 1.807) is 18.5 Å². The number of amides is 2. The second kappa shape index (κ2) is 7.04.